The van der Waals surface area contributed by atoms with E-state index in [0.29, 0.717) is 29.6 Å². The van der Waals surface area contributed by atoms with Crippen LogP contribution < -0.4 is 10.2 Å². The van der Waals surface area contributed by atoms with Gasteiger partial charge in [0.2, 0.25) is 5.82 Å². The summed E-state index contributed by atoms with van der Waals surface area (Å²) < 4.78 is 50.7. The molecule has 38 heavy (non-hydrogen) atoms. The van der Waals surface area contributed by atoms with Crippen molar-refractivity contribution < 1.29 is 22.7 Å². The molecule has 1 unspecified atom stereocenters. The molecular formula is C25H30F3N7O2S. The normalized spacial score (nSPS) is 20.1. The third kappa shape index (κ3) is 5.14. The lowest BCUT2D eigenvalue weighted by atomic mass is 9.88. The number of carbonyl (C=O) groups is 1. The number of nitrogens with zero attached hydrogens (tertiary/aromatic N) is 6. The van der Waals surface area contributed by atoms with Gasteiger partial charge in [-0.25, -0.2) is 19.2 Å². The highest BCUT2D eigenvalue weighted by Crippen LogP contribution is 2.43. The summed E-state index contributed by atoms with van der Waals surface area (Å²) in [4.78, 5) is 22.5. The Morgan fingerprint density at radius 1 is 1.32 bits per heavy atom. The number of pyridine rings is 1. The van der Waals surface area contributed by atoms with Crippen molar-refractivity contribution in [2.24, 2.45) is 5.41 Å². The van der Waals surface area contributed by atoms with Crippen LogP contribution in [0, 0.1) is 30.6 Å². The molecule has 0 saturated carbocycles. The summed E-state index contributed by atoms with van der Waals surface area (Å²) in [5.41, 5.74) is -0.195. The topological polar surface area (TPSA) is 108 Å². The zero-order chi connectivity index (χ0) is 28.2. The number of alkyl halides is 3. The fourth-order valence-corrected chi connectivity index (χ4v) is 5.12. The van der Waals surface area contributed by atoms with Crippen molar-refractivity contribution in [3.05, 3.63) is 27.3 Å². The molecule has 1 aliphatic heterocycles. The lowest BCUT2D eigenvalue weighted by molar-refractivity contribution is 0.00799. The van der Waals surface area contributed by atoms with Gasteiger partial charge in [0.25, 0.3) is 0 Å². The lowest BCUT2D eigenvalue weighted by Crippen LogP contribution is -2.43. The van der Waals surface area contributed by atoms with Gasteiger partial charge in [-0.2, -0.15) is 18.6 Å². The van der Waals surface area contributed by atoms with Gasteiger partial charge in [0.15, 0.2) is 5.65 Å². The third-order valence-electron chi connectivity index (χ3n) is 6.41. The highest BCUT2D eigenvalue weighted by molar-refractivity contribution is 7.09. The van der Waals surface area contributed by atoms with Gasteiger partial charge < -0.3 is 15.0 Å². The molecule has 1 saturated heterocycles. The van der Waals surface area contributed by atoms with Crippen LogP contribution in [0.5, 0.6) is 0 Å². The molecular weight excluding hydrogens is 519 g/mol. The van der Waals surface area contributed by atoms with Crippen LogP contribution in [0.25, 0.3) is 16.9 Å². The third-order valence-corrected chi connectivity index (χ3v) is 7.18. The molecule has 4 rings (SSSR count). The maximum absolute atomic E-state index is 15.6. The number of thiazole rings is 1. The predicted octanol–water partition coefficient (Wildman–Crippen LogP) is 5.14. The molecule has 3 aromatic heterocycles. The molecule has 1 fully saturated rings. The van der Waals surface area contributed by atoms with Crippen LogP contribution >= 0.6 is 11.3 Å². The SMILES string of the molecule is Cc1nc(-c2c(C)c(C#N)c3nc(C(C)(F)F)nn3c2N2CC(F)[C@](C)(CNC(=O)OC(C)(C)C)C2)cs1. The van der Waals surface area contributed by atoms with Crippen LogP contribution in [0.15, 0.2) is 5.38 Å². The smallest absolute Gasteiger partial charge is 0.407 e. The standard InChI is InChI=1S/C25H30F3N7O2S/c1-13-15(8-29)19-32-21(25(7,27)28)33-35(19)20(18(13)16-10-38-14(2)31-16)34-9-17(26)24(6,12-34)11-30-22(36)37-23(3,4)5/h10,17H,9,11-12H2,1-7H3,(H,30,36)/t17?,24-/m1/s1. The Hall–Kier alpha value is -3.40. The zero-order valence-corrected chi connectivity index (χ0v) is 23.1. The number of fused-ring (bicyclic) bond motifs is 1. The van der Waals surface area contributed by atoms with E-state index in [1.54, 1.807) is 44.9 Å². The van der Waals surface area contributed by atoms with E-state index in [1.165, 1.54) is 15.9 Å². The number of carbonyl (C=O) groups excluding carboxylic acids is 1. The zero-order valence-electron chi connectivity index (χ0n) is 22.3. The number of ether oxygens (including phenoxy) is 1. The molecule has 1 amide bonds. The van der Waals surface area contributed by atoms with Crippen LogP contribution in [0.4, 0.5) is 23.8 Å². The molecule has 0 spiro atoms. The number of anilines is 1. The van der Waals surface area contributed by atoms with E-state index in [9.17, 15) is 18.8 Å². The Morgan fingerprint density at radius 3 is 2.55 bits per heavy atom. The maximum Gasteiger partial charge on any atom is 0.407 e. The van der Waals surface area contributed by atoms with Gasteiger partial charge >= 0.3 is 12.0 Å². The summed E-state index contributed by atoms with van der Waals surface area (Å²) in [5, 5.41) is 19.2. The Bertz CT molecular complexity index is 1430. The molecule has 13 heteroatoms. The molecule has 2 atom stereocenters. The van der Waals surface area contributed by atoms with Crippen LogP contribution in [0.2, 0.25) is 0 Å². The average Bonchev–Trinajstić information content (AvgIpc) is 3.48. The maximum atomic E-state index is 15.6. The van der Waals surface area contributed by atoms with E-state index in [1.807, 2.05) is 6.92 Å². The molecule has 0 aromatic carbocycles. The van der Waals surface area contributed by atoms with Crippen molar-refractivity contribution in [1.29, 1.82) is 5.26 Å². The largest absolute Gasteiger partial charge is 0.444 e. The summed E-state index contributed by atoms with van der Waals surface area (Å²) in [5.74, 6) is -3.79. The monoisotopic (exact) mass is 549 g/mol. The van der Waals surface area contributed by atoms with Crippen molar-refractivity contribution >= 4 is 28.9 Å². The fraction of sp³-hybridized carbons (Fsp3) is 0.560. The number of aryl methyl sites for hydroxylation is 1. The number of nitrogens with one attached hydrogen (secondary N) is 1. The molecule has 0 radical (unpaired) electrons. The number of rotatable bonds is 5. The minimum absolute atomic E-state index is 0.0151. The van der Waals surface area contributed by atoms with E-state index >= 15 is 4.39 Å². The van der Waals surface area contributed by atoms with Crippen LogP contribution in [0.3, 0.4) is 0 Å². The van der Waals surface area contributed by atoms with Crippen molar-refractivity contribution in [3.63, 3.8) is 0 Å². The quantitative estimate of drug-likeness (QED) is 0.469. The first kappa shape index (κ1) is 27.6. The molecule has 1 aliphatic rings. The first-order valence-corrected chi connectivity index (χ1v) is 12.9. The highest BCUT2D eigenvalue weighted by atomic mass is 32.1. The van der Waals surface area contributed by atoms with E-state index in [2.05, 4.69) is 26.5 Å². The molecule has 4 heterocycles. The lowest BCUT2D eigenvalue weighted by Gasteiger charge is -2.28. The van der Waals surface area contributed by atoms with Gasteiger partial charge in [-0.1, -0.05) is 6.92 Å². The number of hydrogen-bond donors (Lipinski definition) is 1. The molecule has 0 aliphatic carbocycles. The molecule has 9 nitrogen and oxygen atoms in total. The molecule has 1 N–H and O–H groups in total. The van der Waals surface area contributed by atoms with Crippen molar-refractivity contribution in [3.8, 4) is 17.3 Å². The number of halogens is 3. The Morgan fingerprint density at radius 2 is 2.00 bits per heavy atom. The first-order chi connectivity index (χ1) is 17.5. The Balaban J connectivity index is 1.84. The fourth-order valence-electron chi connectivity index (χ4n) is 4.51. The van der Waals surface area contributed by atoms with Crippen LogP contribution in [0.1, 0.15) is 56.6 Å². The Labute approximate surface area is 222 Å². The van der Waals surface area contributed by atoms with E-state index in [0.717, 1.165) is 5.01 Å². The van der Waals surface area contributed by atoms with E-state index < -0.39 is 35.0 Å². The van der Waals surface area contributed by atoms with Crippen molar-refractivity contribution in [2.45, 2.75) is 66.2 Å². The number of hydrogen-bond acceptors (Lipinski definition) is 8. The van der Waals surface area contributed by atoms with Gasteiger partial charge in [0, 0.05) is 36.4 Å². The van der Waals surface area contributed by atoms with Crippen LogP contribution in [-0.4, -0.2) is 57.1 Å². The summed E-state index contributed by atoms with van der Waals surface area (Å²) >= 11 is 1.39. The van der Waals surface area contributed by atoms with Crippen molar-refractivity contribution in [1.82, 2.24) is 24.9 Å². The Kier molecular flexibility index (Phi) is 6.84. The van der Waals surface area contributed by atoms with Gasteiger partial charge in [0.1, 0.15) is 29.2 Å². The van der Waals surface area contributed by atoms with E-state index in [-0.39, 0.29) is 30.8 Å². The highest BCUT2D eigenvalue weighted by Gasteiger charge is 2.46. The minimum Gasteiger partial charge on any atom is -0.444 e. The second-order valence-electron chi connectivity index (χ2n) is 11.0. The second kappa shape index (κ2) is 9.41. The summed E-state index contributed by atoms with van der Waals surface area (Å²) in [7, 11) is 0. The van der Waals surface area contributed by atoms with Crippen molar-refractivity contribution in [2.75, 3.05) is 24.5 Å². The average molecular weight is 550 g/mol. The number of alkyl carbamates (subject to hydrolysis) is 1. The summed E-state index contributed by atoms with van der Waals surface area (Å²) in [6.07, 6.45) is -2.05. The van der Waals surface area contributed by atoms with Crippen LogP contribution in [-0.2, 0) is 10.7 Å². The molecule has 0 bridgehead atoms. The predicted molar refractivity (Wildman–Crippen MR) is 137 cm³/mol. The van der Waals surface area contributed by atoms with Gasteiger partial charge in [-0.3, -0.25) is 0 Å². The van der Waals surface area contributed by atoms with Gasteiger partial charge in [0.05, 0.1) is 17.2 Å². The van der Waals surface area contributed by atoms with Gasteiger partial charge in [-0.05, 0) is 40.2 Å². The van der Waals surface area contributed by atoms with E-state index in [4.69, 9.17) is 4.74 Å². The van der Waals surface area contributed by atoms with Gasteiger partial charge in [-0.15, -0.1) is 16.4 Å². The second-order valence-corrected chi connectivity index (χ2v) is 12.0. The first-order valence-electron chi connectivity index (χ1n) is 12.0. The molecule has 3 aromatic rings. The summed E-state index contributed by atoms with van der Waals surface area (Å²) in [6, 6.07) is 2.07. The minimum atomic E-state index is -3.36. The number of aromatic nitrogens is 4. The molecule has 204 valence electrons. The number of nitriles is 1. The summed E-state index contributed by atoms with van der Waals surface area (Å²) in [6.45, 7) is 11.1. The number of amides is 1.